The lowest BCUT2D eigenvalue weighted by atomic mass is 9.85. The van der Waals surface area contributed by atoms with E-state index in [2.05, 4.69) is 51.3 Å². The predicted molar refractivity (Wildman–Crippen MR) is 90.6 cm³/mol. The van der Waals surface area contributed by atoms with E-state index in [1.165, 1.54) is 27.1 Å². The molecule has 0 fully saturated rings. The second kappa shape index (κ2) is 5.49. The van der Waals surface area contributed by atoms with E-state index in [9.17, 15) is 0 Å². The van der Waals surface area contributed by atoms with E-state index in [4.69, 9.17) is 4.74 Å². The first kappa shape index (κ1) is 14.6. The fraction of sp³-hybridized carbons (Fsp3) is 0.474. The number of hydrogen-bond donors (Lipinski definition) is 0. The van der Waals surface area contributed by atoms with Crippen LogP contribution in [0.25, 0.3) is 0 Å². The molecule has 1 unspecified atom stereocenters. The van der Waals surface area contributed by atoms with E-state index in [1.54, 1.807) is 0 Å². The largest absolute Gasteiger partial charge is 0.487 e. The van der Waals surface area contributed by atoms with Crippen LogP contribution in [0.15, 0.2) is 23.6 Å². The van der Waals surface area contributed by atoms with Crippen molar-refractivity contribution in [3.05, 3.63) is 50.7 Å². The van der Waals surface area contributed by atoms with Gasteiger partial charge in [0, 0.05) is 4.88 Å². The molecule has 0 amide bonds. The average molecular weight is 300 g/mol. The van der Waals surface area contributed by atoms with Crippen LogP contribution in [0.1, 0.15) is 46.9 Å². The molecule has 0 N–H and O–H groups in total. The van der Waals surface area contributed by atoms with Gasteiger partial charge in [-0.15, -0.1) is 11.3 Å². The summed E-state index contributed by atoms with van der Waals surface area (Å²) in [6.45, 7) is 8.87. The van der Waals surface area contributed by atoms with Gasteiger partial charge in [-0.05, 0) is 87.1 Å². The molecule has 1 nitrogen and oxygen atoms in total. The van der Waals surface area contributed by atoms with E-state index in [0.29, 0.717) is 0 Å². The van der Waals surface area contributed by atoms with E-state index in [1.807, 2.05) is 11.3 Å². The van der Waals surface area contributed by atoms with Gasteiger partial charge in [0.25, 0.3) is 0 Å². The summed E-state index contributed by atoms with van der Waals surface area (Å²) in [4.78, 5) is 1.46. The highest BCUT2D eigenvalue weighted by molar-refractivity contribution is 7.09. The van der Waals surface area contributed by atoms with Crippen LogP contribution in [-0.2, 0) is 12.8 Å². The lowest BCUT2D eigenvalue weighted by Gasteiger charge is -2.37. The first-order valence-electron chi connectivity index (χ1n) is 7.79. The molecule has 0 radical (unpaired) electrons. The van der Waals surface area contributed by atoms with Crippen LogP contribution in [0.3, 0.4) is 0 Å². The third-order valence-corrected chi connectivity index (χ3v) is 5.78. The third kappa shape index (κ3) is 2.87. The van der Waals surface area contributed by atoms with Gasteiger partial charge in [0.2, 0.25) is 0 Å². The van der Waals surface area contributed by atoms with Crippen LogP contribution in [0.4, 0.5) is 0 Å². The van der Waals surface area contributed by atoms with Crippen LogP contribution in [0, 0.1) is 20.8 Å². The zero-order valence-corrected chi connectivity index (χ0v) is 14.3. The van der Waals surface area contributed by atoms with E-state index in [-0.39, 0.29) is 5.60 Å². The summed E-state index contributed by atoms with van der Waals surface area (Å²) in [7, 11) is 0. The van der Waals surface area contributed by atoms with Gasteiger partial charge in [-0.2, -0.15) is 0 Å². The molecule has 0 saturated heterocycles. The molecule has 0 aliphatic carbocycles. The van der Waals surface area contributed by atoms with Crippen LogP contribution < -0.4 is 4.74 Å². The first-order chi connectivity index (χ1) is 9.98. The number of fused-ring (bicyclic) bond motifs is 1. The Morgan fingerprint density at radius 1 is 1.24 bits per heavy atom. The molecule has 1 aromatic carbocycles. The Morgan fingerprint density at radius 3 is 2.76 bits per heavy atom. The lowest BCUT2D eigenvalue weighted by molar-refractivity contribution is 0.0556. The Kier molecular flexibility index (Phi) is 3.83. The molecule has 2 heteroatoms. The summed E-state index contributed by atoms with van der Waals surface area (Å²) in [6, 6.07) is 6.66. The van der Waals surface area contributed by atoms with Gasteiger partial charge in [0.15, 0.2) is 0 Å². The molecule has 1 atom stereocenters. The van der Waals surface area contributed by atoms with Crippen molar-refractivity contribution in [3.63, 3.8) is 0 Å². The summed E-state index contributed by atoms with van der Waals surface area (Å²) in [6.07, 6.45) is 4.48. The Balaban J connectivity index is 1.82. The number of hydrogen-bond acceptors (Lipinski definition) is 2. The van der Waals surface area contributed by atoms with Crippen LogP contribution in [-0.4, -0.2) is 5.60 Å². The lowest BCUT2D eigenvalue weighted by Crippen LogP contribution is -2.37. The molecule has 0 bridgehead atoms. The van der Waals surface area contributed by atoms with Gasteiger partial charge in [0.1, 0.15) is 11.4 Å². The minimum atomic E-state index is -0.0258. The monoisotopic (exact) mass is 300 g/mol. The number of rotatable bonds is 3. The molecule has 2 aromatic rings. The van der Waals surface area contributed by atoms with Crippen LogP contribution in [0.2, 0.25) is 0 Å². The predicted octanol–water partition coefficient (Wildman–Crippen LogP) is 5.39. The maximum atomic E-state index is 6.51. The Hall–Kier alpha value is -1.28. The molecule has 1 aromatic heterocycles. The number of aryl methyl sites for hydroxylation is 3. The normalized spacial score (nSPS) is 21.0. The highest BCUT2D eigenvalue weighted by Gasteiger charge is 2.33. The molecule has 2 heterocycles. The Morgan fingerprint density at radius 2 is 2.05 bits per heavy atom. The van der Waals surface area contributed by atoms with Gasteiger partial charge in [-0.1, -0.05) is 12.1 Å². The SMILES string of the molecule is Cc1cc(C)c2c(c1C)OC(C)(CCc1cccs1)CC2. The molecule has 1 aliphatic rings. The number of benzene rings is 1. The van der Waals surface area contributed by atoms with Crippen molar-refractivity contribution in [2.45, 2.75) is 59.0 Å². The van der Waals surface area contributed by atoms with Crippen LogP contribution >= 0.6 is 11.3 Å². The van der Waals surface area contributed by atoms with Gasteiger partial charge in [-0.25, -0.2) is 0 Å². The summed E-state index contributed by atoms with van der Waals surface area (Å²) in [5.41, 5.74) is 5.44. The molecule has 0 spiro atoms. The summed E-state index contributed by atoms with van der Waals surface area (Å²) in [5.74, 6) is 1.16. The fourth-order valence-electron chi connectivity index (χ4n) is 3.26. The van der Waals surface area contributed by atoms with Crippen molar-refractivity contribution in [2.75, 3.05) is 0 Å². The molecule has 3 rings (SSSR count). The van der Waals surface area contributed by atoms with Crippen LogP contribution in [0.5, 0.6) is 5.75 Å². The van der Waals surface area contributed by atoms with E-state index >= 15 is 0 Å². The van der Waals surface area contributed by atoms with E-state index < -0.39 is 0 Å². The van der Waals surface area contributed by atoms with Crippen molar-refractivity contribution in [2.24, 2.45) is 0 Å². The second-order valence-electron chi connectivity index (χ2n) is 6.57. The van der Waals surface area contributed by atoms with Crippen molar-refractivity contribution >= 4 is 11.3 Å². The molecular formula is C19H24OS. The summed E-state index contributed by atoms with van der Waals surface area (Å²) < 4.78 is 6.51. The maximum Gasteiger partial charge on any atom is 0.126 e. The minimum absolute atomic E-state index is 0.0258. The van der Waals surface area contributed by atoms with Gasteiger partial charge in [-0.3, -0.25) is 0 Å². The highest BCUT2D eigenvalue weighted by Crippen LogP contribution is 2.40. The number of ether oxygens (including phenoxy) is 1. The Bertz CT molecular complexity index is 642. The fourth-order valence-corrected chi connectivity index (χ4v) is 3.97. The first-order valence-corrected chi connectivity index (χ1v) is 8.67. The zero-order valence-electron chi connectivity index (χ0n) is 13.5. The summed E-state index contributed by atoms with van der Waals surface area (Å²) >= 11 is 1.85. The third-order valence-electron chi connectivity index (χ3n) is 4.85. The highest BCUT2D eigenvalue weighted by atomic mass is 32.1. The van der Waals surface area contributed by atoms with Crippen molar-refractivity contribution in [3.8, 4) is 5.75 Å². The van der Waals surface area contributed by atoms with Gasteiger partial charge < -0.3 is 4.74 Å². The maximum absolute atomic E-state index is 6.51. The number of thiophene rings is 1. The quantitative estimate of drug-likeness (QED) is 0.738. The van der Waals surface area contributed by atoms with Crippen molar-refractivity contribution in [1.82, 2.24) is 0 Å². The van der Waals surface area contributed by atoms with Gasteiger partial charge >= 0.3 is 0 Å². The smallest absolute Gasteiger partial charge is 0.126 e. The zero-order chi connectivity index (χ0) is 15.0. The van der Waals surface area contributed by atoms with Crippen molar-refractivity contribution < 1.29 is 4.74 Å². The molecule has 21 heavy (non-hydrogen) atoms. The standard InChI is InChI=1S/C19H24OS/c1-13-12-14(2)17-8-10-19(4,20-18(17)15(13)3)9-7-16-6-5-11-21-16/h5-6,11-12H,7-10H2,1-4H3. The topological polar surface area (TPSA) is 9.23 Å². The molecular weight excluding hydrogens is 276 g/mol. The summed E-state index contributed by atoms with van der Waals surface area (Å²) in [5, 5.41) is 2.16. The molecule has 0 saturated carbocycles. The van der Waals surface area contributed by atoms with Crippen molar-refractivity contribution in [1.29, 1.82) is 0 Å². The van der Waals surface area contributed by atoms with E-state index in [0.717, 1.165) is 31.4 Å². The molecule has 112 valence electrons. The average Bonchev–Trinajstić information content (AvgIpc) is 2.96. The second-order valence-corrected chi connectivity index (χ2v) is 7.61. The Labute approximate surface area is 132 Å². The minimum Gasteiger partial charge on any atom is -0.487 e. The molecule has 1 aliphatic heterocycles. The van der Waals surface area contributed by atoms with Gasteiger partial charge in [0.05, 0.1) is 0 Å².